The molecular weight excluding hydrogens is 370 g/mol. The lowest BCUT2D eigenvalue weighted by molar-refractivity contribution is -0.134. The van der Waals surface area contributed by atoms with Gasteiger partial charge in [-0.1, -0.05) is 30.3 Å². The van der Waals surface area contributed by atoms with Gasteiger partial charge in [-0.3, -0.25) is 9.20 Å². The Balaban J connectivity index is 1.82. The number of aryl methyl sites for hydroxylation is 2. The van der Waals surface area contributed by atoms with Gasteiger partial charge in [0, 0.05) is 25.3 Å². The lowest BCUT2D eigenvalue weighted by atomic mass is 9.91. The van der Waals surface area contributed by atoms with Crippen molar-refractivity contribution in [3.8, 4) is 5.88 Å². The van der Waals surface area contributed by atoms with Gasteiger partial charge in [0.1, 0.15) is 12.7 Å². The zero-order valence-electron chi connectivity index (χ0n) is 16.8. The lowest BCUT2D eigenvalue weighted by Gasteiger charge is -2.34. The minimum Gasteiger partial charge on any atom is -0.476 e. The van der Waals surface area contributed by atoms with Crippen LogP contribution in [-0.4, -0.2) is 42.3 Å². The molecule has 2 atom stereocenters. The van der Waals surface area contributed by atoms with Crippen LogP contribution in [0.3, 0.4) is 0 Å². The highest BCUT2D eigenvalue weighted by Gasteiger charge is 2.33. The zero-order chi connectivity index (χ0) is 20.4. The second-order valence-electron chi connectivity index (χ2n) is 7.17. The monoisotopic (exact) mass is 395 g/mol. The summed E-state index contributed by atoms with van der Waals surface area (Å²) in [6.45, 7) is 5.47. The number of rotatable bonds is 7. The van der Waals surface area contributed by atoms with E-state index in [-0.39, 0.29) is 12.1 Å². The molecule has 3 heterocycles. The van der Waals surface area contributed by atoms with Gasteiger partial charge in [-0.2, -0.15) is 0 Å². The standard InChI is InChI=1S/C22H25N3O4/c1-14-15(2)25-19(28-10-9-27-3)12-17-11-18(29-13-26)20(16-7-5-4-6-8-16)24-21(17)22(25)23-14/h4-8,12-13,18,20,24H,9-11H2,1-3H3/t18-,20-/m1/s1. The summed E-state index contributed by atoms with van der Waals surface area (Å²) in [6, 6.07) is 11.8. The third-order valence-corrected chi connectivity index (χ3v) is 5.43. The van der Waals surface area contributed by atoms with E-state index in [1.807, 2.05) is 54.6 Å². The van der Waals surface area contributed by atoms with Crippen LogP contribution < -0.4 is 10.1 Å². The largest absolute Gasteiger partial charge is 0.476 e. The van der Waals surface area contributed by atoms with Crippen molar-refractivity contribution in [2.75, 3.05) is 25.6 Å². The number of pyridine rings is 1. The van der Waals surface area contributed by atoms with Crippen molar-refractivity contribution in [3.05, 3.63) is 58.9 Å². The summed E-state index contributed by atoms with van der Waals surface area (Å²) >= 11 is 0. The maximum absolute atomic E-state index is 11.2. The Kier molecular flexibility index (Phi) is 5.40. The molecule has 0 fully saturated rings. The summed E-state index contributed by atoms with van der Waals surface area (Å²) in [5.74, 6) is 0.707. The number of nitrogens with one attached hydrogen (secondary N) is 1. The van der Waals surface area contributed by atoms with E-state index >= 15 is 0 Å². The number of carbonyl (C=O) groups is 1. The first-order valence-corrected chi connectivity index (χ1v) is 9.68. The van der Waals surface area contributed by atoms with Crippen molar-refractivity contribution in [1.82, 2.24) is 9.38 Å². The van der Waals surface area contributed by atoms with Gasteiger partial charge in [0.05, 0.1) is 24.0 Å². The number of anilines is 1. The third-order valence-electron chi connectivity index (χ3n) is 5.43. The SMILES string of the molecule is COCCOc1cc2c(c3nc(C)c(C)n13)N[C@H](c1ccccc1)[C@H](OC=O)C2. The molecule has 7 nitrogen and oxygen atoms in total. The molecule has 0 bridgehead atoms. The number of aromatic nitrogens is 2. The molecule has 0 saturated heterocycles. The molecule has 3 aromatic rings. The molecule has 1 aliphatic rings. The number of nitrogens with zero attached hydrogens (tertiary/aromatic N) is 2. The maximum atomic E-state index is 11.2. The summed E-state index contributed by atoms with van der Waals surface area (Å²) in [5, 5.41) is 3.58. The fourth-order valence-corrected chi connectivity index (χ4v) is 3.87. The topological polar surface area (TPSA) is 74.1 Å². The predicted molar refractivity (Wildman–Crippen MR) is 109 cm³/mol. The second kappa shape index (κ2) is 8.13. The van der Waals surface area contributed by atoms with Gasteiger partial charge in [-0.25, -0.2) is 4.98 Å². The van der Waals surface area contributed by atoms with Gasteiger partial charge in [0.2, 0.25) is 0 Å². The number of hydrogen-bond donors (Lipinski definition) is 1. The fraction of sp³-hybridized carbons (Fsp3) is 0.364. The van der Waals surface area contributed by atoms with E-state index in [1.165, 1.54) is 0 Å². The van der Waals surface area contributed by atoms with Gasteiger partial charge in [0.15, 0.2) is 11.5 Å². The van der Waals surface area contributed by atoms with Gasteiger partial charge in [-0.05, 0) is 25.0 Å². The van der Waals surface area contributed by atoms with E-state index in [2.05, 4.69) is 5.32 Å². The molecule has 0 aliphatic carbocycles. The highest BCUT2D eigenvalue weighted by molar-refractivity contribution is 5.76. The van der Waals surface area contributed by atoms with Crippen LogP contribution in [0.15, 0.2) is 36.4 Å². The Morgan fingerprint density at radius 1 is 1.24 bits per heavy atom. The predicted octanol–water partition coefficient (Wildman–Crippen LogP) is 3.23. The van der Waals surface area contributed by atoms with E-state index in [0.717, 1.165) is 33.8 Å². The zero-order valence-corrected chi connectivity index (χ0v) is 16.8. The van der Waals surface area contributed by atoms with Crippen LogP contribution in [0, 0.1) is 13.8 Å². The Labute approximate surface area is 169 Å². The molecular formula is C22H25N3O4. The Hall–Kier alpha value is -3.06. The Morgan fingerprint density at radius 2 is 2.03 bits per heavy atom. The normalized spacial score (nSPS) is 18.2. The summed E-state index contributed by atoms with van der Waals surface area (Å²) in [7, 11) is 1.65. The fourth-order valence-electron chi connectivity index (χ4n) is 3.87. The number of methoxy groups -OCH3 is 1. The molecule has 1 aromatic carbocycles. The lowest BCUT2D eigenvalue weighted by Crippen LogP contribution is -2.34. The summed E-state index contributed by atoms with van der Waals surface area (Å²) in [4.78, 5) is 16.0. The van der Waals surface area contributed by atoms with Crippen molar-refractivity contribution in [1.29, 1.82) is 0 Å². The molecule has 0 spiro atoms. The van der Waals surface area contributed by atoms with E-state index in [1.54, 1.807) is 7.11 Å². The van der Waals surface area contributed by atoms with Crippen molar-refractivity contribution >= 4 is 17.8 Å². The molecule has 0 radical (unpaired) electrons. The first-order valence-electron chi connectivity index (χ1n) is 9.68. The van der Waals surface area contributed by atoms with E-state index in [9.17, 15) is 4.79 Å². The molecule has 29 heavy (non-hydrogen) atoms. The number of benzene rings is 1. The molecule has 0 amide bonds. The number of hydrogen-bond acceptors (Lipinski definition) is 6. The number of carbonyl (C=O) groups excluding carboxylic acids is 1. The Morgan fingerprint density at radius 3 is 2.76 bits per heavy atom. The number of ether oxygens (including phenoxy) is 3. The first-order chi connectivity index (χ1) is 14.1. The van der Waals surface area contributed by atoms with Crippen molar-refractivity contribution in [2.24, 2.45) is 0 Å². The van der Waals surface area contributed by atoms with Gasteiger partial charge in [0.25, 0.3) is 6.47 Å². The molecule has 0 saturated carbocycles. The second-order valence-corrected chi connectivity index (χ2v) is 7.17. The first kappa shape index (κ1) is 19.3. The van der Waals surface area contributed by atoms with Crippen LogP contribution in [-0.2, 0) is 20.7 Å². The minimum atomic E-state index is -0.325. The van der Waals surface area contributed by atoms with E-state index < -0.39 is 0 Å². The summed E-state index contributed by atoms with van der Waals surface area (Å²) in [5.41, 5.74) is 5.80. The minimum absolute atomic E-state index is 0.157. The van der Waals surface area contributed by atoms with Crippen molar-refractivity contribution in [2.45, 2.75) is 32.4 Å². The van der Waals surface area contributed by atoms with E-state index in [4.69, 9.17) is 19.2 Å². The molecule has 7 heteroatoms. The molecule has 0 unspecified atom stereocenters. The molecule has 4 rings (SSSR count). The molecule has 1 N–H and O–H groups in total. The van der Waals surface area contributed by atoms with Crippen molar-refractivity contribution < 1.29 is 19.0 Å². The van der Waals surface area contributed by atoms with Gasteiger partial charge < -0.3 is 19.5 Å². The average molecular weight is 395 g/mol. The molecule has 1 aliphatic heterocycles. The van der Waals surface area contributed by atoms with Gasteiger partial charge in [-0.15, -0.1) is 0 Å². The number of fused-ring (bicyclic) bond motifs is 3. The van der Waals surface area contributed by atoms with E-state index in [0.29, 0.717) is 32.0 Å². The number of imidazole rings is 1. The van der Waals surface area contributed by atoms with Crippen LogP contribution in [0.5, 0.6) is 5.88 Å². The van der Waals surface area contributed by atoms with Crippen LogP contribution >= 0.6 is 0 Å². The quantitative estimate of drug-likeness (QED) is 0.489. The summed E-state index contributed by atoms with van der Waals surface area (Å²) in [6.07, 6.45) is 0.247. The highest BCUT2D eigenvalue weighted by Crippen LogP contribution is 2.39. The molecule has 152 valence electrons. The van der Waals surface area contributed by atoms with Crippen LogP contribution in [0.4, 0.5) is 5.69 Å². The van der Waals surface area contributed by atoms with Crippen LogP contribution in [0.2, 0.25) is 0 Å². The summed E-state index contributed by atoms with van der Waals surface area (Å²) < 4.78 is 18.6. The maximum Gasteiger partial charge on any atom is 0.293 e. The van der Waals surface area contributed by atoms with Crippen LogP contribution in [0.1, 0.15) is 28.6 Å². The highest BCUT2D eigenvalue weighted by atomic mass is 16.5. The third kappa shape index (κ3) is 3.53. The van der Waals surface area contributed by atoms with Crippen molar-refractivity contribution in [3.63, 3.8) is 0 Å². The van der Waals surface area contributed by atoms with Crippen LogP contribution in [0.25, 0.3) is 5.65 Å². The van der Waals surface area contributed by atoms with Gasteiger partial charge >= 0.3 is 0 Å². The smallest absolute Gasteiger partial charge is 0.293 e. The average Bonchev–Trinajstić information content (AvgIpc) is 3.03. The Bertz CT molecular complexity index is 1020. The molecule has 2 aromatic heterocycles.